The summed E-state index contributed by atoms with van der Waals surface area (Å²) in [6, 6.07) is 0. The van der Waals surface area contributed by atoms with Gasteiger partial charge in [0, 0.05) is 0 Å². The molecule has 0 aromatic heterocycles. The predicted octanol–water partition coefficient (Wildman–Crippen LogP) is 6.06. The second kappa shape index (κ2) is 9.19. The maximum Gasteiger partial charge on any atom is 0.108 e. The molecule has 110 valence electrons. The summed E-state index contributed by atoms with van der Waals surface area (Å²) in [5.74, 6) is 0.0746. The third-order valence-electron chi connectivity index (χ3n) is 2.82. The van der Waals surface area contributed by atoms with Gasteiger partial charge in [-0.2, -0.15) is 0 Å². The largest absolute Gasteiger partial charge is 0.509 e. The van der Waals surface area contributed by atoms with Crippen molar-refractivity contribution in [2.45, 2.75) is 40.5 Å². The normalized spacial score (nSPS) is 14.2. The van der Waals surface area contributed by atoms with Crippen LogP contribution in [0.4, 0.5) is 0 Å². The molecule has 0 atom stereocenters. The van der Waals surface area contributed by atoms with Crippen LogP contribution in [-0.2, 0) is 0 Å². The number of hydrogen-bond acceptors (Lipinski definition) is 1. The van der Waals surface area contributed by atoms with Crippen molar-refractivity contribution in [1.29, 1.82) is 0 Å². The predicted molar refractivity (Wildman–Crippen MR) is 90.8 cm³/mol. The Bertz CT molecular complexity index is 437. The Kier molecular flexibility index (Phi) is 8.38. The monoisotopic (exact) mass is 272 g/mol. The third kappa shape index (κ3) is 8.36. The molecule has 0 unspecified atom stereocenters. The van der Waals surface area contributed by atoms with Crippen molar-refractivity contribution in [3.63, 3.8) is 0 Å². The summed E-state index contributed by atoms with van der Waals surface area (Å²) in [5.41, 5.74) is 2.37. The van der Waals surface area contributed by atoms with E-state index in [2.05, 4.69) is 65.2 Å². The van der Waals surface area contributed by atoms with E-state index >= 15 is 0 Å². The SMILES string of the molecule is C=C/C(=C\C=C/CC)C/C=C(\C=C/C(=C)O)C(C)(C)C. The maximum atomic E-state index is 9.19. The van der Waals surface area contributed by atoms with E-state index in [4.69, 9.17) is 0 Å². The second-order valence-electron chi connectivity index (χ2n) is 5.72. The second-order valence-corrected chi connectivity index (χ2v) is 5.72. The van der Waals surface area contributed by atoms with Crippen LogP contribution in [0.3, 0.4) is 0 Å². The molecular formula is C19H28O. The molecule has 0 radical (unpaired) electrons. The zero-order valence-corrected chi connectivity index (χ0v) is 13.3. The molecule has 0 aromatic rings. The molecule has 0 aliphatic carbocycles. The first-order valence-corrected chi connectivity index (χ1v) is 7.06. The van der Waals surface area contributed by atoms with Crippen LogP contribution in [-0.4, -0.2) is 5.11 Å². The molecular weight excluding hydrogens is 244 g/mol. The van der Waals surface area contributed by atoms with Crippen LogP contribution in [0.1, 0.15) is 40.5 Å². The molecule has 0 fully saturated rings. The van der Waals surface area contributed by atoms with Crippen molar-refractivity contribution in [2.24, 2.45) is 5.41 Å². The molecule has 0 bridgehead atoms. The molecule has 0 spiro atoms. The molecule has 1 heteroatoms. The van der Waals surface area contributed by atoms with E-state index in [9.17, 15) is 5.11 Å². The van der Waals surface area contributed by atoms with Crippen molar-refractivity contribution < 1.29 is 5.11 Å². The third-order valence-corrected chi connectivity index (χ3v) is 2.82. The molecule has 0 heterocycles. The minimum Gasteiger partial charge on any atom is -0.509 e. The summed E-state index contributed by atoms with van der Waals surface area (Å²) in [4.78, 5) is 0. The number of hydrogen-bond donors (Lipinski definition) is 1. The zero-order valence-electron chi connectivity index (χ0n) is 13.3. The highest BCUT2D eigenvalue weighted by molar-refractivity contribution is 5.32. The molecule has 0 aliphatic rings. The van der Waals surface area contributed by atoms with Crippen LogP contribution in [0.2, 0.25) is 0 Å². The Hall–Kier alpha value is -1.76. The summed E-state index contributed by atoms with van der Waals surface area (Å²) in [6.07, 6.45) is 15.7. The van der Waals surface area contributed by atoms with Gasteiger partial charge in [-0.1, -0.05) is 77.3 Å². The van der Waals surface area contributed by atoms with Gasteiger partial charge in [-0.05, 0) is 35.5 Å². The van der Waals surface area contributed by atoms with Gasteiger partial charge in [-0.3, -0.25) is 0 Å². The quantitative estimate of drug-likeness (QED) is 0.441. The highest BCUT2D eigenvalue weighted by atomic mass is 16.3. The lowest BCUT2D eigenvalue weighted by atomic mass is 9.85. The lowest BCUT2D eigenvalue weighted by Gasteiger charge is -2.20. The van der Waals surface area contributed by atoms with E-state index in [0.29, 0.717) is 0 Å². The van der Waals surface area contributed by atoms with Gasteiger partial charge >= 0.3 is 0 Å². The van der Waals surface area contributed by atoms with E-state index in [0.717, 1.165) is 12.8 Å². The lowest BCUT2D eigenvalue weighted by Crippen LogP contribution is -2.07. The zero-order chi connectivity index (χ0) is 15.6. The molecule has 1 N–H and O–H groups in total. The molecule has 0 aromatic carbocycles. The van der Waals surface area contributed by atoms with E-state index in [-0.39, 0.29) is 11.2 Å². The van der Waals surface area contributed by atoms with Crippen molar-refractivity contribution in [3.8, 4) is 0 Å². The van der Waals surface area contributed by atoms with Crippen LogP contribution in [0, 0.1) is 5.41 Å². The first kappa shape index (κ1) is 18.2. The van der Waals surface area contributed by atoms with Gasteiger partial charge in [-0.15, -0.1) is 0 Å². The van der Waals surface area contributed by atoms with Gasteiger partial charge in [0.2, 0.25) is 0 Å². The summed E-state index contributed by atoms with van der Waals surface area (Å²) < 4.78 is 0. The molecule has 0 saturated carbocycles. The van der Waals surface area contributed by atoms with E-state index in [1.165, 1.54) is 11.1 Å². The van der Waals surface area contributed by atoms with Crippen LogP contribution >= 0.6 is 0 Å². The minimum atomic E-state index is 0.0253. The number of aliphatic hydroxyl groups excluding tert-OH is 1. The molecule has 0 amide bonds. The fourth-order valence-corrected chi connectivity index (χ4v) is 1.59. The topological polar surface area (TPSA) is 20.2 Å². The summed E-state index contributed by atoms with van der Waals surface area (Å²) in [7, 11) is 0. The van der Waals surface area contributed by atoms with Crippen molar-refractivity contribution >= 4 is 0 Å². The molecule has 1 nitrogen and oxygen atoms in total. The minimum absolute atomic E-state index is 0.0253. The Labute approximate surface area is 124 Å². The fourth-order valence-electron chi connectivity index (χ4n) is 1.59. The van der Waals surface area contributed by atoms with Gasteiger partial charge in [0.05, 0.1) is 0 Å². The first-order valence-electron chi connectivity index (χ1n) is 7.06. The lowest BCUT2D eigenvalue weighted by molar-refractivity contribution is 0.434. The van der Waals surface area contributed by atoms with Crippen LogP contribution < -0.4 is 0 Å². The Morgan fingerprint density at radius 3 is 2.30 bits per heavy atom. The number of aliphatic hydroxyl groups is 1. The number of rotatable bonds is 7. The van der Waals surface area contributed by atoms with Crippen molar-refractivity contribution in [2.75, 3.05) is 0 Å². The van der Waals surface area contributed by atoms with Gasteiger partial charge < -0.3 is 5.11 Å². The Morgan fingerprint density at radius 2 is 1.85 bits per heavy atom. The number of allylic oxidation sites excluding steroid dienone is 9. The van der Waals surface area contributed by atoms with Gasteiger partial charge in [0.15, 0.2) is 0 Å². The molecule has 0 saturated heterocycles. The Balaban J connectivity index is 5.09. The highest BCUT2D eigenvalue weighted by Gasteiger charge is 2.14. The van der Waals surface area contributed by atoms with Crippen molar-refractivity contribution in [1.82, 2.24) is 0 Å². The van der Waals surface area contributed by atoms with Crippen LogP contribution in [0.15, 0.2) is 72.6 Å². The van der Waals surface area contributed by atoms with Gasteiger partial charge in [0.25, 0.3) is 0 Å². The Morgan fingerprint density at radius 1 is 1.20 bits per heavy atom. The standard InChI is InChI=1S/C19H28O/c1-7-9-10-11-17(8-2)13-15-18(19(4,5)6)14-12-16(3)20/h8-12,14-15,20H,2-3,7,13H2,1,4-6H3/b10-9-,14-12-,17-11+,18-15+. The molecule has 20 heavy (non-hydrogen) atoms. The maximum absolute atomic E-state index is 9.19. The smallest absolute Gasteiger partial charge is 0.108 e. The first-order chi connectivity index (χ1) is 9.31. The van der Waals surface area contributed by atoms with Crippen LogP contribution in [0.5, 0.6) is 0 Å². The van der Waals surface area contributed by atoms with E-state index in [1.807, 2.05) is 12.2 Å². The summed E-state index contributed by atoms with van der Waals surface area (Å²) in [6.45, 7) is 15.9. The summed E-state index contributed by atoms with van der Waals surface area (Å²) >= 11 is 0. The van der Waals surface area contributed by atoms with Gasteiger partial charge in [-0.25, -0.2) is 0 Å². The van der Waals surface area contributed by atoms with Crippen molar-refractivity contribution in [3.05, 3.63) is 72.6 Å². The van der Waals surface area contributed by atoms with E-state index < -0.39 is 0 Å². The van der Waals surface area contributed by atoms with Gasteiger partial charge in [0.1, 0.15) is 5.76 Å². The molecule has 0 aliphatic heterocycles. The summed E-state index contributed by atoms with van der Waals surface area (Å²) in [5, 5.41) is 9.19. The molecule has 0 rings (SSSR count). The fraction of sp³-hybridized carbons (Fsp3) is 0.368. The van der Waals surface area contributed by atoms with E-state index in [1.54, 1.807) is 6.08 Å². The van der Waals surface area contributed by atoms with Crippen LogP contribution in [0.25, 0.3) is 0 Å². The average Bonchev–Trinajstić information content (AvgIpc) is 2.34. The highest BCUT2D eigenvalue weighted by Crippen LogP contribution is 2.27. The average molecular weight is 272 g/mol.